The van der Waals surface area contributed by atoms with Gasteiger partial charge in [-0.2, -0.15) is 0 Å². The number of nitrogens with two attached hydrogens (primary N) is 1. The highest BCUT2D eigenvalue weighted by Crippen LogP contribution is 2.16. The van der Waals surface area contributed by atoms with Crippen molar-refractivity contribution in [2.24, 2.45) is 11.7 Å². The molecule has 1 unspecified atom stereocenters. The zero-order valence-electron chi connectivity index (χ0n) is 11.1. The Balaban J connectivity index is 3.52. The summed E-state index contributed by atoms with van der Waals surface area (Å²) < 4.78 is 0. The summed E-state index contributed by atoms with van der Waals surface area (Å²) in [5, 5.41) is 3.53. The Morgan fingerprint density at radius 2 is 1.80 bits per heavy atom. The highest BCUT2D eigenvalue weighted by Gasteiger charge is 2.09. The molecule has 0 aromatic heterocycles. The van der Waals surface area contributed by atoms with Gasteiger partial charge < -0.3 is 11.1 Å². The summed E-state index contributed by atoms with van der Waals surface area (Å²) in [7, 11) is 0. The van der Waals surface area contributed by atoms with Crippen LogP contribution in [0.3, 0.4) is 0 Å². The van der Waals surface area contributed by atoms with E-state index >= 15 is 0 Å². The summed E-state index contributed by atoms with van der Waals surface area (Å²) in [6, 6.07) is 0. The highest BCUT2D eigenvalue weighted by molar-refractivity contribution is 4.70. The normalized spacial score (nSPS) is 14.2. The summed E-state index contributed by atoms with van der Waals surface area (Å²) in [6.45, 7) is 10.9. The van der Waals surface area contributed by atoms with Crippen molar-refractivity contribution in [2.45, 2.75) is 65.3 Å². The summed E-state index contributed by atoms with van der Waals surface area (Å²) >= 11 is 0. The lowest BCUT2D eigenvalue weighted by Crippen LogP contribution is -2.36. The molecule has 92 valence electrons. The minimum Gasteiger partial charge on any atom is -0.330 e. The molecule has 0 amide bonds. The lowest BCUT2D eigenvalue weighted by atomic mass is 9.94. The van der Waals surface area contributed by atoms with E-state index in [1.54, 1.807) is 0 Å². The average molecular weight is 214 g/mol. The van der Waals surface area contributed by atoms with Crippen LogP contribution in [0.2, 0.25) is 0 Å². The number of hydrogen-bond donors (Lipinski definition) is 2. The van der Waals surface area contributed by atoms with E-state index in [1.807, 2.05) is 0 Å². The lowest BCUT2D eigenvalue weighted by molar-refractivity contribution is 0.373. The van der Waals surface area contributed by atoms with Crippen LogP contribution in [0.25, 0.3) is 0 Å². The Morgan fingerprint density at radius 1 is 1.13 bits per heavy atom. The van der Waals surface area contributed by atoms with E-state index in [0.29, 0.717) is 0 Å². The zero-order valence-corrected chi connectivity index (χ0v) is 11.1. The quantitative estimate of drug-likeness (QED) is 0.610. The minimum atomic E-state index is 0.258. The van der Waals surface area contributed by atoms with Crippen molar-refractivity contribution in [3.05, 3.63) is 0 Å². The maximum absolute atomic E-state index is 5.62. The first-order valence-electron chi connectivity index (χ1n) is 6.44. The first kappa shape index (κ1) is 14.9. The Kier molecular flexibility index (Phi) is 8.07. The van der Waals surface area contributed by atoms with Gasteiger partial charge in [-0.1, -0.05) is 19.8 Å². The molecule has 0 aromatic rings. The van der Waals surface area contributed by atoms with Crippen molar-refractivity contribution in [3.8, 4) is 0 Å². The second-order valence-electron chi connectivity index (χ2n) is 5.55. The van der Waals surface area contributed by atoms with Crippen LogP contribution in [0.4, 0.5) is 0 Å². The molecule has 15 heavy (non-hydrogen) atoms. The van der Waals surface area contributed by atoms with Crippen LogP contribution in [0.5, 0.6) is 0 Å². The van der Waals surface area contributed by atoms with E-state index in [4.69, 9.17) is 5.73 Å². The maximum atomic E-state index is 5.62. The maximum Gasteiger partial charge on any atom is 0.00965 e. The van der Waals surface area contributed by atoms with Crippen LogP contribution >= 0.6 is 0 Å². The van der Waals surface area contributed by atoms with Gasteiger partial charge in [-0.15, -0.1) is 0 Å². The van der Waals surface area contributed by atoms with E-state index < -0.39 is 0 Å². The summed E-state index contributed by atoms with van der Waals surface area (Å²) in [4.78, 5) is 0. The van der Waals surface area contributed by atoms with E-state index in [1.165, 1.54) is 32.1 Å². The van der Waals surface area contributed by atoms with Crippen LogP contribution in [0.15, 0.2) is 0 Å². The first-order valence-corrected chi connectivity index (χ1v) is 6.44. The fourth-order valence-corrected chi connectivity index (χ4v) is 1.93. The topological polar surface area (TPSA) is 38.0 Å². The van der Waals surface area contributed by atoms with Crippen LogP contribution in [-0.4, -0.2) is 18.6 Å². The van der Waals surface area contributed by atoms with Crippen molar-refractivity contribution in [1.82, 2.24) is 5.32 Å². The fourth-order valence-electron chi connectivity index (χ4n) is 1.93. The first-order chi connectivity index (χ1) is 6.99. The van der Waals surface area contributed by atoms with Crippen molar-refractivity contribution in [2.75, 3.05) is 13.1 Å². The van der Waals surface area contributed by atoms with Crippen molar-refractivity contribution in [3.63, 3.8) is 0 Å². The summed E-state index contributed by atoms with van der Waals surface area (Å²) in [5.74, 6) is 0.849. The van der Waals surface area contributed by atoms with E-state index in [0.717, 1.165) is 19.0 Å². The highest BCUT2D eigenvalue weighted by atomic mass is 14.9. The molecule has 0 heterocycles. The van der Waals surface area contributed by atoms with Gasteiger partial charge in [0, 0.05) is 5.54 Å². The summed E-state index contributed by atoms with van der Waals surface area (Å²) in [6.07, 6.45) is 6.43. The van der Waals surface area contributed by atoms with Gasteiger partial charge in [-0.25, -0.2) is 0 Å². The number of rotatable bonds is 8. The lowest BCUT2D eigenvalue weighted by Gasteiger charge is -2.21. The van der Waals surface area contributed by atoms with Crippen LogP contribution in [0, 0.1) is 5.92 Å². The van der Waals surface area contributed by atoms with Crippen LogP contribution in [-0.2, 0) is 0 Å². The molecule has 3 N–H and O–H groups in total. The number of hydrogen-bond acceptors (Lipinski definition) is 2. The molecule has 0 saturated carbocycles. The third-order valence-electron chi connectivity index (χ3n) is 2.72. The molecule has 0 fully saturated rings. The van der Waals surface area contributed by atoms with Crippen LogP contribution < -0.4 is 11.1 Å². The molecule has 0 aromatic carbocycles. The molecule has 0 aliphatic rings. The molecular formula is C13H30N2. The fraction of sp³-hybridized carbons (Fsp3) is 1.00. The zero-order chi connectivity index (χ0) is 11.7. The van der Waals surface area contributed by atoms with Crippen LogP contribution in [0.1, 0.15) is 59.8 Å². The molecular weight excluding hydrogens is 184 g/mol. The van der Waals surface area contributed by atoms with Crippen molar-refractivity contribution >= 4 is 0 Å². The van der Waals surface area contributed by atoms with E-state index in [-0.39, 0.29) is 5.54 Å². The molecule has 0 aliphatic heterocycles. The van der Waals surface area contributed by atoms with Gasteiger partial charge in [-0.3, -0.25) is 0 Å². The Labute approximate surface area is 96.0 Å². The van der Waals surface area contributed by atoms with Crippen molar-refractivity contribution < 1.29 is 0 Å². The van der Waals surface area contributed by atoms with Gasteiger partial charge in [-0.05, 0) is 59.0 Å². The largest absolute Gasteiger partial charge is 0.330 e. The number of nitrogens with one attached hydrogen (secondary N) is 1. The minimum absolute atomic E-state index is 0.258. The van der Waals surface area contributed by atoms with Crippen molar-refractivity contribution in [1.29, 1.82) is 0 Å². The Hall–Kier alpha value is -0.0800. The van der Waals surface area contributed by atoms with Gasteiger partial charge in [0.25, 0.3) is 0 Å². The standard InChI is InChI=1S/C13H30N2/c1-5-7-12(9-10-14)8-6-11-15-13(2,3)4/h12,15H,5-11,14H2,1-4H3. The molecule has 0 saturated heterocycles. The monoisotopic (exact) mass is 214 g/mol. The second kappa shape index (κ2) is 8.12. The molecule has 2 nitrogen and oxygen atoms in total. The summed E-state index contributed by atoms with van der Waals surface area (Å²) in [5.41, 5.74) is 5.88. The molecule has 1 atom stereocenters. The second-order valence-corrected chi connectivity index (χ2v) is 5.55. The molecule has 0 spiro atoms. The molecule has 2 heteroatoms. The molecule has 0 rings (SSSR count). The smallest absolute Gasteiger partial charge is 0.00965 e. The third-order valence-corrected chi connectivity index (χ3v) is 2.72. The van der Waals surface area contributed by atoms with Gasteiger partial charge >= 0.3 is 0 Å². The van der Waals surface area contributed by atoms with Gasteiger partial charge in [0.1, 0.15) is 0 Å². The van der Waals surface area contributed by atoms with Gasteiger partial charge in [0.2, 0.25) is 0 Å². The van der Waals surface area contributed by atoms with E-state index in [2.05, 4.69) is 33.0 Å². The Bertz CT molecular complexity index is 132. The van der Waals surface area contributed by atoms with E-state index in [9.17, 15) is 0 Å². The predicted molar refractivity (Wildman–Crippen MR) is 69.1 cm³/mol. The van der Waals surface area contributed by atoms with Gasteiger partial charge in [0.05, 0.1) is 0 Å². The van der Waals surface area contributed by atoms with Gasteiger partial charge in [0.15, 0.2) is 0 Å². The SMILES string of the molecule is CCCC(CCN)CCCNC(C)(C)C. The Morgan fingerprint density at radius 3 is 2.27 bits per heavy atom. The molecule has 0 bridgehead atoms. The molecule has 0 radical (unpaired) electrons. The average Bonchev–Trinajstić information content (AvgIpc) is 2.11. The molecule has 0 aliphatic carbocycles. The third kappa shape index (κ3) is 10.2. The predicted octanol–water partition coefficient (Wildman–Crippen LogP) is 2.92.